The van der Waals surface area contributed by atoms with Crippen LogP contribution in [0.25, 0.3) is 0 Å². The third-order valence-electron chi connectivity index (χ3n) is 3.36. The van der Waals surface area contributed by atoms with E-state index in [2.05, 4.69) is 15.5 Å². The highest BCUT2D eigenvalue weighted by atomic mass is 16.2. The Morgan fingerprint density at radius 1 is 1.44 bits per heavy atom. The fraction of sp³-hybridized carbons (Fsp3) is 0.615. The van der Waals surface area contributed by atoms with Crippen LogP contribution in [0.1, 0.15) is 35.6 Å². The predicted molar refractivity (Wildman–Crippen MR) is 69.5 cm³/mol. The number of nitrogens with zero attached hydrogens (tertiary/aromatic N) is 3. The summed E-state index contributed by atoms with van der Waals surface area (Å²) in [4.78, 5) is 14.5. The lowest BCUT2D eigenvalue weighted by molar-refractivity contribution is 0.0628. The molecule has 0 saturated carbocycles. The third kappa shape index (κ3) is 2.36. The van der Waals surface area contributed by atoms with Gasteiger partial charge in [0.1, 0.15) is 0 Å². The summed E-state index contributed by atoms with van der Waals surface area (Å²) in [6.07, 6.45) is 0.731. The molecular weight excluding hydrogens is 228 g/mol. The van der Waals surface area contributed by atoms with E-state index < -0.39 is 0 Å². The fourth-order valence-electron chi connectivity index (χ4n) is 2.18. The van der Waals surface area contributed by atoms with E-state index in [1.54, 1.807) is 0 Å². The topological polar surface area (TPSA) is 58.1 Å². The van der Waals surface area contributed by atoms with Crippen molar-refractivity contribution in [2.45, 2.75) is 33.2 Å². The minimum absolute atomic E-state index is 0.0823. The highest BCUT2D eigenvalue weighted by Gasteiger charge is 2.29. The average Bonchev–Trinajstić information content (AvgIpc) is 2.32. The van der Waals surface area contributed by atoms with Gasteiger partial charge in [-0.1, -0.05) is 6.92 Å². The number of hydrogen-bond donors (Lipinski definition) is 1. The van der Waals surface area contributed by atoms with Gasteiger partial charge < -0.3 is 10.2 Å². The summed E-state index contributed by atoms with van der Waals surface area (Å²) in [5.74, 6) is 0.0823. The molecular formula is C13H20N4O. The highest BCUT2D eigenvalue weighted by molar-refractivity contribution is 5.95. The molecule has 18 heavy (non-hydrogen) atoms. The summed E-state index contributed by atoms with van der Waals surface area (Å²) in [5, 5.41) is 11.3. The predicted octanol–water partition coefficient (Wildman–Crippen LogP) is 0.781. The molecule has 1 aliphatic heterocycles. The van der Waals surface area contributed by atoms with E-state index in [0.29, 0.717) is 11.6 Å². The summed E-state index contributed by atoms with van der Waals surface area (Å²) in [6.45, 7) is 8.39. The van der Waals surface area contributed by atoms with Crippen LogP contribution in [0.15, 0.2) is 6.07 Å². The van der Waals surface area contributed by atoms with Crippen molar-refractivity contribution in [3.05, 3.63) is 23.0 Å². The second-order valence-corrected chi connectivity index (χ2v) is 4.60. The molecule has 2 heterocycles. The van der Waals surface area contributed by atoms with Crippen LogP contribution in [0.4, 0.5) is 0 Å². The molecule has 1 fully saturated rings. The number of carbonyl (C=O) groups is 1. The lowest BCUT2D eigenvalue weighted by Crippen LogP contribution is -2.58. The minimum atomic E-state index is 0.0823. The number of hydrogen-bond acceptors (Lipinski definition) is 4. The molecule has 98 valence electrons. The van der Waals surface area contributed by atoms with Gasteiger partial charge >= 0.3 is 0 Å². The van der Waals surface area contributed by atoms with E-state index >= 15 is 0 Å². The van der Waals surface area contributed by atoms with Gasteiger partial charge in [-0.05, 0) is 26.3 Å². The van der Waals surface area contributed by atoms with Crippen LogP contribution in [0, 0.1) is 6.92 Å². The van der Waals surface area contributed by atoms with Crippen molar-refractivity contribution in [3.63, 3.8) is 0 Å². The van der Waals surface area contributed by atoms with Gasteiger partial charge in [0.25, 0.3) is 5.91 Å². The quantitative estimate of drug-likeness (QED) is 0.855. The molecule has 1 aromatic heterocycles. The first-order valence-corrected chi connectivity index (χ1v) is 6.52. The zero-order valence-electron chi connectivity index (χ0n) is 11.2. The summed E-state index contributed by atoms with van der Waals surface area (Å²) in [6, 6.07) is 2.17. The molecule has 2 rings (SSSR count). The highest BCUT2D eigenvalue weighted by Crippen LogP contribution is 2.14. The molecule has 0 radical (unpaired) electrons. The van der Waals surface area contributed by atoms with E-state index in [1.807, 2.05) is 31.7 Å². The second kappa shape index (κ2) is 5.44. The third-order valence-corrected chi connectivity index (χ3v) is 3.36. The van der Waals surface area contributed by atoms with Gasteiger partial charge in [-0.2, -0.15) is 10.2 Å². The number of carbonyl (C=O) groups excluding carboxylic acids is 1. The Labute approximate surface area is 108 Å². The molecule has 0 unspecified atom stereocenters. The smallest absolute Gasteiger partial charge is 0.256 e. The van der Waals surface area contributed by atoms with Crippen LogP contribution in [0.3, 0.4) is 0 Å². The number of aryl methyl sites for hydroxylation is 2. The molecule has 0 bridgehead atoms. The molecule has 1 N–H and O–H groups in total. The summed E-state index contributed by atoms with van der Waals surface area (Å²) < 4.78 is 0. The Hall–Kier alpha value is -1.49. The van der Waals surface area contributed by atoms with Crippen molar-refractivity contribution in [3.8, 4) is 0 Å². The number of amides is 1. The van der Waals surface area contributed by atoms with E-state index in [9.17, 15) is 4.79 Å². The van der Waals surface area contributed by atoms with Gasteiger partial charge in [0.2, 0.25) is 0 Å². The maximum atomic E-state index is 12.6. The first-order valence-electron chi connectivity index (χ1n) is 6.52. The minimum Gasteiger partial charge on any atom is -0.333 e. The monoisotopic (exact) mass is 248 g/mol. The molecule has 0 spiro atoms. The van der Waals surface area contributed by atoms with Gasteiger partial charge in [-0.3, -0.25) is 4.79 Å². The van der Waals surface area contributed by atoms with E-state index in [0.717, 1.165) is 37.4 Å². The van der Waals surface area contributed by atoms with Crippen LogP contribution in [-0.4, -0.2) is 46.7 Å². The van der Waals surface area contributed by atoms with Crippen molar-refractivity contribution < 1.29 is 4.79 Å². The Bertz CT molecular complexity index is 443. The van der Waals surface area contributed by atoms with Crippen LogP contribution < -0.4 is 5.32 Å². The zero-order valence-corrected chi connectivity index (χ0v) is 11.2. The van der Waals surface area contributed by atoms with Gasteiger partial charge in [-0.25, -0.2) is 0 Å². The Kier molecular flexibility index (Phi) is 3.91. The van der Waals surface area contributed by atoms with E-state index in [-0.39, 0.29) is 5.91 Å². The molecule has 0 atom stereocenters. The van der Waals surface area contributed by atoms with Crippen molar-refractivity contribution in [1.29, 1.82) is 0 Å². The van der Waals surface area contributed by atoms with Gasteiger partial charge in [0.15, 0.2) is 0 Å². The van der Waals surface area contributed by atoms with Crippen LogP contribution in [-0.2, 0) is 6.42 Å². The molecule has 1 aliphatic rings. The van der Waals surface area contributed by atoms with Crippen molar-refractivity contribution in [2.75, 3.05) is 19.6 Å². The number of rotatable bonds is 4. The molecule has 1 amide bonds. The maximum absolute atomic E-state index is 12.6. The van der Waals surface area contributed by atoms with Crippen LogP contribution in [0.2, 0.25) is 0 Å². The maximum Gasteiger partial charge on any atom is 0.256 e. The second-order valence-electron chi connectivity index (χ2n) is 4.60. The van der Waals surface area contributed by atoms with Crippen molar-refractivity contribution >= 4 is 5.91 Å². The van der Waals surface area contributed by atoms with Crippen LogP contribution in [0.5, 0.6) is 0 Å². The van der Waals surface area contributed by atoms with Gasteiger partial charge in [0.05, 0.1) is 23.0 Å². The van der Waals surface area contributed by atoms with Gasteiger partial charge in [-0.15, -0.1) is 0 Å². The molecule has 0 aliphatic carbocycles. The largest absolute Gasteiger partial charge is 0.333 e. The SMILES string of the molecule is CCc1nnc(C)cc1C(=O)N(CC)C1CNC1. The Balaban J connectivity index is 2.28. The lowest BCUT2D eigenvalue weighted by atomic mass is 10.1. The molecule has 1 saturated heterocycles. The summed E-state index contributed by atoms with van der Waals surface area (Å²) >= 11 is 0. The van der Waals surface area contributed by atoms with Crippen molar-refractivity contribution in [1.82, 2.24) is 20.4 Å². The average molecular weight is 248 g/mol. The lowest BCUT2D eigenvalue weighted by Gasteiger charge is -2.37. The standard InChI is InChI=1S/C13H20N4O/c1-4-12-11(6-9(3)15-16-12)13(18)17(5-2)10-7-14-8-10/h6,10,14H,4-5,7-8H2,1-3H3. The van der Waals surface area contributed by atoms with E-state index in [4.69, 9.17) is 0 Å². The fourth-order valence-corrected chi connectivity index (χ4v) is 2.18. The van der Waals surface area contributed by atoms with Gasteiger partial charge in [0, 0.05) is 19.6 Å². The summed E-state index contributed by atoms with van der Waals surface area (Å²) in [5.41, 5.74) is 2.29. The molecule has 1 aromatic rings. The molecule has 5 heteroatoms. The molecule has 0 aromatic carbocycles. The summed E-state index contributed by atoms with van der Waals surface area (Å²) in [7, 11) is 0. The normalized spacial score (nSPS) is 15.3. The first-order chi connectivity index (χ1) is 8.67. The Morgan fingerprint density at radius 3 is 2.67 bits per heavy atom. The number of likely N-dealkylation sites (N-methyl/N-ethyl adjacent to an activating group) is 1. The number of aromatic nitrogens is 2. The molecule has 5 nitrogen and oxygen atoms in total. The number of nitrogens with one attached hydrogen (secondary N) is 1. The zero-order chi connectivity index (χ0) is 13.1. The van der Waals surface area contributed by atoms with Crippen LogP contribution >= 0.6 is 0 Å². The Morgan fingerprint density at radius 2 is 2.17 bits per heavy atom. The van der Waals surface area contributed by atoms with Crippen molar-refractivity contribution in [2.24, 2.45) is 0 Å². The first kappa shape index (κ1) is 13.0. The van der Waals surface area contributed by atoms with E-state index in [1.165, 1.54) is 0 Å².